The maximum absolute atomic E-state index is 12.5. The Hall–Kier alpha value is -2.41. The number of rotatable bonds is 3. The first kappa shape index (κ1) is 17.0. The van der Waals surface area contributed by atoms with E-state index in [0.29, 0.717) is 16.4 Å². The van der Waals surface area contributed by atoms with Crippen molar-refractivity contribution in [3.05, 3.63) is 68.5 Å². The first-order valence-electron chi connectivity index (χ1n) is 7.38. The summed E-state index contributed by atoms with van der Waals surface area (Å²) in [4.78, 5) is 30.2. The molecule has 1 aliphatic rings. The van der Waals surface area contributed by atoms with Gasteiger partial charge in [-0.1, -0.05) is 40.0 Å². The van der Waals surface area contributed by atoms with Crippen LogP contribution in [0, 0.1) is 0 Å². The molecule has 9 heteroatoms. The van der Waals surface area contributed by atoms with Gasteiger partial charge in [-0.25, -0.2) is 0 Å². The van der Waals surface area contributed by atoms with E-state index >= 15 is 0 Å². The second kappa shape index (κ2) is 6.39. The molecule has 6 nitrogen and oxygen atoms in total. The maximum atomic E-state index is 12.5. The third kappa shape index (κ3) is 2.86. The zero-order chi connectivity index (χ0) is 18.4. The van der Waals surface area contributed by atoms with Gasteiger partial charge in [-0.2, -0.15) is 4.98 Å². The lowest BCUT2D eigenvalue weighted by Crippen LogP contribution is -2.29. The lowest BCUT2D eigenvalue weighted by atomic mass is 10.1. The van der Waals surface area contributed by atoms with Crippen molar-refractivity contribution in [2.24, 2.45) is 0 Å². The van der Waals surface area contributed by atoms with E-state index in [9.17, 15) is 9.59 Å². The molecule has 4 rings (SSSR count). The number of fused-ring (bicyclic) bond motifs is 1. The van der Waals surface area contributed by atoms with Crippen LogP contribution >= 0.6 is 34.8 Å². The van der Waals surface area contributed by atoms with Gasteiger partial charge in [0.25, 0.3) is 11.8 Å². The van der Waals surface area contributed by atoms with Gasteiger partial charge >= 0.3 is 0 Å². The highest BCUT2D eigenvalue weighted by Crippen LogP contribution is 2.32. The molecule has 0 aliphatic carbocycles. The van der Waals surface area contributed by atoms with Crippen molar-refractivity contribution in [3.8, 4) is 11.4 Å². The number of aromatic nitrogens is 2. The highest BCUT2D eigenvalue weighted by molar-refractivity contribution is 6.43. The minimum atomic E-state index is -0.491. The fourth-order valence-corrected chi connectivity index (χ4v) is 3.05. The van der Waals surface area contributed by atoms with E-state index in [2.05, 4.69) is 10.1 Å². The summed E-state index contributed by atoms with van der Waals surface area (Å²) in [7, 11) is 0. The van der Waals surface area contributed by atoms with Gasteiger partial charge in [-0.05, 0) is 36.4 Å². The summed E-state index contributed by atoms with van der Waals surface area (Å²) < 4.78 is 5.16. The summed E-state index contributed by atoms with van der Waals surface area (Å²) >= 11 is 17.7. The van der Waals surface area contributed by atoms with Crippen molar-refractivity contribution in [2.75, 3.05) is 0 Å². The Bertz CT molecular complexity index is 1010. The summed E-state index contributed by atoms with van der Waals surface area (Å²) in [6, 6.07) is 9.64. The van der Waals surface area contributed by atoms with Gasteiger partial charge in [-0.3, -0.25) is 14.5 Å². The third-order valence-electron chi connectivity index (χ3n) is 3.88. The van der Waals surface area contributed by atoms with Crippen molar-refractivity contribution in [2.45, 2.75) is 6.54 Å². The average molecular weight is 409 g/mol. The highest BCUT2D eigenvalue weighted by atomic mass is 35.5. The van der Waals surface area contributed by atoms with Crippen LogP contribution in [-0.4, -0.2) is 26.9 Å². The monoisotopic (exact) mass is 407 g/mol. The number of carbonyl (C=O) groups excluding carboxylic acids is 2. The van der Waals surface area contributed by atoms with Crippen molar-refractivity contribution in [1.29, 1.82) is 0 Å². The van der Waals surface area contributed by atoms with E-state index in [1.165, 1.54) is 12.1 Å². The molecule has 2 amide bonds. The predicted molar refractivity (Wildman–Crippen MR) is 95.4 cm³/mol. The quantitative estimate of drug-likeness (QED) is 0.597. The number of imide groups is 1. The Balaban J connectivity index is 1.60. The van der Waals surface area contributed by atoms with Crippen LogP contribution in [0.2, 0.25) is 15.1 Å². The molecule has 1 aliphatic heterocycles. The van der Waals surface area contributed by atoms with E-state index in [1.807, 2.05) is 0 Å². The molecule has 0 fully saturated rings. The molecule has 130 valence electrons. The van der Waals surface area contributed by atoms with Gasteiger partial charge in [-0.15, -0.1) is 0 Å². The minimum absolute atomic E-state index is 0.127. The average Bonchev–Trinajstić information content (AvgIpc) is 3.17. The second-order valence-electron chi connectivity index (χ2n) is 5.53. The van der Waals surface area contributed by atoms with Crippen molar-refractivity contribution in [1.82, 2.24) is 15.0 Å². The van der Waals surface area contributed by atoms with Crippen LogP contribution in [0.15, 0.2) is 40.9 Å². The first-order valence-corrected chi connectivity index (χ1v) is 8.51. The van der Waals surface area contributed by atoms with Crippen LogP contribution in [0.4, 0.5) is 0 Å². The van der Waals surface area contributed by atoms with E-state index in [4.69, 9.17) is 39.3 Å². The molecule has 0 unspecified atom stereocenters. The molecule has 0 atom stereocenters. The van der Waals surface area contributed by atoms with Crippen LogP contribution in [0.3, 0.4) is 0 Å². The summed E-state index contributed by atoms with van der Waals surface area (Å²) in [5.74, 6) is -0.523. The molecule has 2 heterocycles. The van der Waals surface area contributed by atoms with E-state index in [0.717, 1.165) is 4.90 Å². The number of halogens is 3. The van der Waals surface area contributed by atoms with Crippen molar-refractivity contribution >= 4 is 46.6 Å². The van der Waals surface area contributed by atoms with E-state index in [-0.39, 0.29) is 33.6 Å². The van der Waals surface area contributed by atoms with E-state index in [1.54, 1.807) is 24.3 Å². The molecular weight excluding hydrogens is 401 g/mol. The Labute approximate surface area is 162 Å². The Morgan fingerprint density at radius 1 is 0.923 bits per heavy atom. The first-order chi connectivity index (χ1) is 12.4. The fraction of sp³-hybridized carbons (Fsp3) is 0.0588. The van der Waals surface area contributed by atoms with Gasteiger partial charge in [0.05, 0.1) is 21.2 Å². The van der Waals surface area contributed by atoms with Crippen LogP contribution in [-0.2, 0) is 6.54 Å². The zero-order valence-corrected chi connectivity index (χ0v) is 15.1. The molecule has 0 radical (unpaired) electrons. The smallest absolute Gasteiger partial charge is 0.262 e. The Morgan fingerprint density at radius 2 is 1.50 bits per heavy atom. The maximum Gasteiger partial charge on any atom is 0.262 e. The van der Waals surface area contributed by atoms with Crippen molar-refractivity contribution in [3.63, 3.8) is 0 Å². The zero-order valence-electron chi connectivity index (χ0n) is 12.9. The summed E-state index contributed by atoms with van der Waals surface area (Å²) in [5.41, 5.74) is 1.09. The molecule has 0 bridgehead atoms. The molecule has 0 spiro atoms. The number of hydrogen-bond donors (Lipinski definition) is 0. The molecule has 26 heavy (non-hydrogen) atoms. The summed E-state index contributed by atoms with van der Waals surface area (Å²) in [6.45, 7) is -0.151. The van der Waals surface area contributed by atoms with Gasteiger partial charge < -0.3 is 4.52 Å². The molecular formula is C17H8Cl3N3O3. The number of amides is 2. The molecule has 3 aromatic rings. The Kier molecular flexibility index (Phi) is 4.19. The van der Waals surface area contributed by atoms with Crippen LogP contribution in [0.25, 0.3) is 11.4 Å². The second-order valence-corrected chi connectivity index (χ2v) is 6.78. The fourth-order valence-electron chi connectivity index (χ4n) is 2.60. The van der Waals surface area contributed by atoms with Crippen LogP contribution in [0.1, 0.15) is 26.6 Å². The molecule has 1 aromatic heterocycles. The molecule has 0 saturated carbocycles. The van der Waals surface area contributed by atoms with Crippen LogP contribution in [0.5, 0.6) is 0 Å². The number of hydrogen-bond acceptors (Lipinski definition) is 5. The van der Waals surface area contributed by atoms with Gasteiger partial charge in [0, 0.05) is 10.6 Å². The number of nitrogens with zero attached hydrogens (tertiary/aromatic N) is 3. The summed E-state index contributed by atoms with van der Waals surface area (Å²) in [6.07, 6.45) is 0. The number of benzene rings is 2. The standard InChI is InChI=1S/C17H8Cl3N3O3/c18-9-3-1-8(2-4-9)15-21-14(26-22-15)7-23-16(24)10-5-12(19)13(20)6-11(10)17(23)25/h1-6H,7H2. The van der Waals surface area contributed by atoms with E-state index < -0.39 is 11.8 Å². The van der Waals surface area contributed by atoms with Gasteiger partial charge in [0.2, 0.25) is 11.7 Å². The van der Waals surface area contributed by atoms with Gasteiger partial charge in [0.1, 0.15) is 6.54 Å². The molecule has 0 N–H and O–H groups in total. The largest absolute Gasteiger partial charge is 0.337 e. The van der Waals surface area contributed by atoms with Crippen LogP contribution < -0.4 is 0 Å². The summed E-state index contributed by atoms with van der Waals surface area (Å²) in [5, 5.41) is 4.86. The minimum Gasteiger partial charge on any atom is -0.337 e. The predicted octanol–water partition coefficient (Wildman–Crippen LogP) is 4.49. The third-order valence-corrected chi connectivity index (χ3v) is 4.85. The van der Waals surface area contributed by atoms with Crippen molar-refractivity contribution < 1.29 is 14.1 Å². The highest BCUT2D eigenvalue weighted by Gasteiger charge is 2.37. The SMILES string of the molecule is O=C1c2cc(Cl)c(Cl)cc2C(=O)N1Cc1nc(-c2ccc(Cl)cc2)no1. The number of carbonyl (C=O) groups is 2. The Morgan fingerprint density at radius 3 is 2.08 bits per heavy atom. The van der Waals surface area contributed by atoms with Gasteiger partial charge in [0.15, 0.2) is 0 Å². The normalized spacial score (nSPS) is 13.4. The molecule has 2 aromatic carbocycles. The topological polar surface area (TPSA) is 76.3 Å². The lowest BCUT2D eigenvalue weighted by molar-refractivity contribution is 0.0625. The molecule has 0 saturated heterocycles. The lowest BCUT2D eigenvalue weighted by Gasteiger charge is -2.09.